The molecule has 1 aliphatic heterocycles. The summed E-state index contributed by atoms with van der Waals surface area (Å²) >= 11 is 0. The molecule has 118 valence electrons. The number of benzene rings is 1. The van der Waals surface area contributed by atoms with Crippen molar-refractivity contribution in [1.29, 1.82) is 0 Å². The number of rotatable bonds is 3. The molecule has 0 radical (unpaired) electrons. The van der Waals surface area contributed by atoms with Crippen LogP contribution in [0, 0.1) is 17.5 Å². The van der Waals surface area contributed by atoms with Crippen molar-refractivity contribution in [3.63, 3.8) is 0 Å². The highest BCUT2D eigenvalue weighted by atomic mass is 35.5. The van der Waals surface area contributed by atoms with Gasteiger partial charge < -0.3 is 10.6 Å². The molecule has 1 unspecified atom stereocenters. The Kier molecular flexibility index (Phi) is 6.48. The van der Waals surface area contributed by atoms with Crippen LogP contribution in [-0.2, 0) is 0 Å². The molecular weight excluding hydrogens is 305 g/mol. The Morgan fingerprint density at radius 1 is 1.24 bits per heavy atom. The first kappa shape index (κ1) is 17.8. The molecule has 1 fully saturated rings. The van der Waals surface area contributed by atoms with Crippen LogP contribution in [0.25, 0.3) is 0 Å². The number of hydrogen-bond acceptors (Lipinski definition) is 2. The van der Waals surface area contributed by atoms with E-state index in [4.69, 9.17) is 5.73 Å². The molecule has 3 nitrogen and oxygen atoms in total. The molecule has 1 atom stereocenters. The minimum Gasteiger partial charge on any atom is -0.336 e. The van der Waals surface area contributed by atoms with E-state index in [1.165, 1.54) is 0 Å². The Hall–Kier alpha value is -1.27. The molecule has 0 aromatic heterocycles. The normalized spacial score (nSPS) is 18.3. The third-order valence-electron chi connectivity index (χ3n) is 3.62. The van der Waals surface area contributed by atoms with Crippen molar-refractivity contribution in [3.05, 3.63) is 35.1 Å². The maximum atomic E-state index is 13.2. The largest absolute Gasteiger partial charge is 0.336 e. The lowest BCUT2D eigenvalue weighted by Gasteiger charge is -2.35. The summed E-state index contributed by atoms with van der Waals surface area (Å²) in [6, 6.07) is 1.47. The van der Waals surface area contributed by atoms with Gasteiger partial charge in [-0.1, -0.05) is 0 Å². The van der Waals surface area contributed by atoms with Crippen LogP contribution in [-0.4, -0.2) is 29.9 Å². The van der Waals surface area contributed by atoms with E-state index in [-0.39, 0.29) is 24.0 Å². The molecule has 2 rings (SSSR count). The van der Waals surface area contributed by atoms with E-state index in [9.17, 15) is 18.0 Å². The third kappa shape index (κ3) is 3.89. The number of nitrogens with two attached hydrogens (primary N) is 1. The number of likely N-dealkylation sites (tertiary alicyclic amines) is 1. The van der Waals surface area contributed by atoms with Gasteiger partial charge >= 0.3 is 0 Å². The fourth-order valence-corrected chi connectivity index (χ4v) is 2.61. The molecule has 1 amide bonds. The summed E-state index contributed by atoms with van der Waals surface area (Å²) in [5.74, 6) is -4.72. The predicted octanol–water partition coefficient (Wildman–Crippen LogP) is 2.87. The lowest BCUT2D eigenvalue weighted by atomic mass is 9.98. The molecule has 2 N–H and O–H groups in total. The summed E-state index contributed by atoms with van der Waals surface area (Å²) in [5, 5.41) is 0. The van der Waals surface area contributed by atoms with E-state index in [0.717, 1.165) is 31.4 Å². The number of amides is 1. The second-order valence-corrected chi connectivity index (χ2v) is 4.98. The maximum absolute atomic E-state index is 13.2. The number of nitrogens with zero attached hydrogens (tertiary/aromatic N) is 1. The van der Waals surface area contributed by atoms with Crippen LogP contribution in [0.3, 0.4) is 0 Å². The molecule has 0 bridgehead atoms. The van der Waals surface area contributed by atoms with E-state index in [0.29, 0.717) is 19.5 Å². The third-order valence-corrected chi connectivity index (χ3v) is 3.62. The van der Waals surface area contributed by atoms with Gasteiger partial charge in [0.15, 0.2) is 17.5 Å². The van der Waals surface area contributed by atoms with Gasteiger partial charge in [0.1, 0.15) is 0 Å². The summed E-state index contributed by atoms with van der Waals surface area (Å²) in [7, 11) is 0. The second-order valence-electron chi connectivity index (χ2n) is 4.98. The minimum absolute atomic E-state index is 0. The average Bonchev–Trinajstić information content (AvgIpc) is 2.44. The molecule has 1 aliphatic rings. The standard InChI is InChI=1S/C14H17F3N2O.ClH/c15-11-7-9(8-12(16)13(11)17)14(20)19-6-2-1-3-10(19)4-5-18;/h7-8,10H,1-6,18H2;1H. The molecule has 0 saturated carbocycles. The van der Waals surface area contributed by atoms with Crippen LogP contribution in [0.2, 0.25) is 0 Å². The van der Waals surface area contributed by atoms with Gasteiger partial charge in [-0.15, -0.1) is 12.4 Å². The van der Waals surface area contributed by atoms with Crippen molar-refractivity contribution in [2.24, 2.45) is 5.73 Å². The van der Waals surface area contributed by atoms with E-state index in [1.807, 2.05) is 0 Å². The van der Waals surface area contributed by atoms with Gasteiger partial charge in [0.2, 0.25) is 0 Å². The number of hydrogen-bond donors (Lipinski definition) is 1. The first-order chi connectivity index (χ1) is 9.54. The lowest BCUT2D eigenvalue weighted by molar-refractivity contribution is 0.0603. The van der Waals surface area contributed by atoms with Gasteiger partial charge in [-0.25, -0.2) is 13.2 Å². The first-order valence-electron chi connectivity index (χ1n) is 6.70. The van der Waals surface area contributed by atoms with Crippen molar-refractivity contribution >= 4 is 18.3 Å². The second kappa shape index (κ2) is 7.66. The van der Waals surface area contributed by atoms with Crippen LogP contribution in [0.15, 0.2) is 12.1 Å². The molecule has 0 spiro atoms. The van der Waals surface area contributed by atoms with Gasteiger partial charge in [0.25, 0.3) is 5.91 Å². The Bertz CT molecular complexity index is 488. The number of halogens is 4. The highest BCUT2D eigenvalue weighted by Crippen LogP contribution is 2.23. The molecule has 0 aliphatic carbocycles. The molecule has 1 aromatic rings. The van der Waals surface area contributed by atoms with Crippen molar-refractivity contribution in [1.82, 2.24) is 4.90 Å². The summed E-state index contributed by atoms with van der Waals surface area (Å²) in [6.07, 6.45) is 3.33. The molecule has 7 heteroatoms. The summed E-state index contributed by atoms with van der Waals surface area (Å²) in [6.45, 7) is 0.977. The van der Waals surface area contributed by atoms with Gasteiger partial charge in [-0.05, 0) is 44.4 Å². The molecule has 1 aromatic carbocycles. The van der Waals surface area contributed by atoms with Crippen LogP contribution >= 0.6 is 12.4 Å². The minimum atomic E-state index is -1.56. The summed E-state index contributed by atoms with van der Waals surface area (Å²) in [4.78, 5) is 13.9. The Morgan fingerprint density at radius 3 is 2.43 bits per heavy atom. The topological polar surface area (TPSA) is 46.3 Å². The lowest BCUT2D eigenvalue weighted by Crippen LogP contribution is -2.44. The molecule has 1 saturated heterocycles. The van der Waals surface area contributed by atoms with Gasteiger partial charge in [0, 0.05) is 18.2 Å². The quantitative estimate of drug-likeness (QED) is 0.870. The van der Waals surface area contributed by atoms with E-state index < -0.39 is 23.4 Å². The van der Waals surface area contributed by atoms with Crippen LogP contribution in [0.1, 0.15) is 36.0 Å². The smallest absolute Gasteiger partial charge is 0.254 e. The predicted molar refractivity (Wildman–Crippen MR) is 75.9 cm³/mol. The average molecular weight is 323 g/mol. The Balaban J connectivity index is 0.00000220. The molecule has 1 heterocycles. The fourth-order valence-electron chi connectivity index (χ4n) is 2.61. The van der Waals surface area contributed by atoms with Crippen molar-refractivity contribution in [2.45, 2.75) is 31.7 Å². The zero-order chi connectivity index (χ0) is 14.7. The number of piperidine rings is 1. The fraction of sp³-hybridized carbons (Fsp3) is 0.500. The summed E-state index contributed by atoms with van der Waals surface area (Å²) in [5.41, 5.74) is 5.36. The van der Waals surface area contributed by atoms with Crippen molar-refractivity contribution in [3.8, 4) is 0 Å². The van der Waals surface area contributed by atoms with E-state index >= 15 is 0 Å². The number of carbonyl (C=O) groups excluding carboxylic acids is 1. The molecule has 21 heavy (non-hydrogen) atoms. The van der Waals surface area contributed by atoms with Crippen LogP contribution < -0.4 is 5.73 Å². The number of carbonyl (C=O) groups is 1. The van der Waals surface area contributed by atoms with Crippen molar-refractivity contribution in [2.75, 3.05) is 13.1 Å². The zero-order valence-electron chi connectivity index (χ0n) is 11.4. The van der Waals surface area contributed by atoms with E-state index in [1.54, 1.807) is 4.90 Å². The maximum Gasteiger partial charge on any atom is 0.254 e. The first-order valence-corrected chi connectivity index (χ1v) is 6.70. The van der Waals surface area contributed by atoms with Crippen molar-refractivity contribution < 1.29 is 18.0 Å². The summed E-state index contributed by atoms with van der Waals surface area (Å²) < 4.78 is 39.3. The Labute approximate surface area is 127 Å². The van der Waals surface area contributed by atoms with Gasteiger partial charge in [-0.3, -0.25) is 4.79 Å². The SMILES string of the molecule is Cl.NCCC1CCCCN1C(=O)c1cc(F)c(F)c(F)c1. The van der Waals surface area contributed by atoms with Gasteiger partial charge in [-0.2, -0.15) is 0 Å². The zero-order valence-corrected chi connectivity index (χ0v) is 12.3. The van der Waals surface area contributed by atoms with Crippen LogP contribution in [0.5, 0.6) is 0 Å². The highest BCUT2D eigenvalue weighted by Gasteiger charge is 2.28. The van der Waals surface area contributed by atoms with Gasteiger partial charge in [0.05, 0.1) is 0 Å². The molecular formula is C14H18ClF3N2O. The monoisotopic (exact) mass is 322 g/mol. The van der Waals surface area contributed by atoms with E-state index in [2.05, 4.69) is 0 Å². The van der Waals surface area contributed by atoms with Crippen LogP contribution in [0.4, 0.5) is 13.2 Å². The Morgan fingerprint density at radius 2 is 1.86 bits per heavy atom. The highest BCUT2D eigenvalue weighted by molar-refractivity contribution is 5.94.